The van der Waals surface area contributed by atoms with Crippen LogP contribution in [0, 0.1) is 5.92 Å². The molecule has 0 aliphatic heterocycles. The Morgan fingerprint density at radius 3 is 2.26 bits per heavy atom. The molecule has 1 heterocycles. The van der Waals surface area contributed by atoms with Gasteiger partial charge in [0.1, 0.15) is 0 Å². The van der Waals surface area contributed by atoms with E-state index in [0.717, 1.165) is 29.7 Å². The summed E-state index contributed by atoms with van der Waals surface area (Å²) >= 11 is 0. The summed E-state index contributed by atoms with van der Waals surface area (Å²) in [6, 6.07) is 11.4. The second-order valence-electron chi connectivity index (χ2n) is 6.23. The van der Waals surface area contributed by atoms with Crippen LogP contribution in [0.5, 0.6) is 0 Å². The number of aromatic nitrogens is 1. The van der Waals surface area contributed by atoms with Crippen molar-refractivity contribution >= 4 is 11.6 Å². The number of nitrogens with one attached hydrogen (secondary N) is 1. The number of benzene rings is 1. The Hall–Kier alpha value is -2.20. The van der Waals surface area contributed by atoms with Crippen molar-refractivity contribution < 1.29 is 4.79 Å². The lowest BCUT2D eigenvalue weighted by molar-refractivity contribution is -0.118. The van der Waals surface area contributed by atoms with E-state index in [4.69, 9.17) is 5.73 Å². The highest BCUT2D eigenvalue weighted by atomic mass is 16.2. The number of amides is 1. The first kappa shape index (κ1) is 15.7. The molecule has 3 N–H and O–H groups in total. The highest BCUT2D eigenvalue weighted by molar-refractivity contribution is 5.95. The van der Waals surface area contributed by atoms with Crippen molar-refractivity contribution in [2.24, 2.45) is 11.7 Å². The third-order valence-electron chi connectivity index (χ3n) is 4.63. The van der Waals surface area contributed by atoms with Crippen molar-refractivity contribution in [3.05, 3.63) is 48.8 Å². The summed E-state index contributed by atoms with van der Waals surface area (Å²) in [5, 5.41) is 2.94. The number of pyridine rings is 1. The van der Waals surface area contributed by atoms with Gasteiger partial charge < -0.3 is 11.1 Å². The van der Waals surface area contributed by atoms with E-state index in [-0.39, 0.29) is 5.91 Å². The van der Waals surface area contributed by atoms with Gasteiger partial charge in [-0.1, -0.05) is 31.4 Å². The molecule has 1 saturated carbocycles. The van der Waals surface area contributed by atoms with Gasteiger partial charge in [0.25, 0.3) is 0 Å². The van der Waals surface area contributed by atoms with Crippen molar-refractivity contribution in [2.75, 3.05) is 5.32 Å². The fraction of sp³-hybridized carbons (Fsp3) is 0.368. The average molecular weight is 309 g/mol. The first-order chi connectivity index (χ1) is 11.2. The van der Waals surface area contributed by atoms with Crippen LogP contribution >= 0.6 is 0 Å². The summed E-state index contributed by atoms with van der Waals surface area (Å²) in [4.78, 5) is 16.3. The van der Waals surface area contributed by atoms with Gasteiger partial charge in [-0.25, -0.2) is 0 Å². The van der Waals surface area contributed by atoms with Gasteiger partial charge in [-0.05, 0) is 54.2 Å². The predicted molar refractivity (Wildman–Crippen MR) is 92.9 cm³/mol. The molecule has 1 atom stereocenters. The number of anilines is 1. The largest absolute Gasteiger partial charge is 0.325 e. The molecule has 4 nitrogen and oxygen atoms in total. The van der Waals surface area contributed by atoms with Crippen molar-refractivity contribution in [1.82, 2.24) is 4.98 Å². The monoisotopic (exact) mass is 309 g/mol. The molecule has 0 unspecified atom stereocenters. The molecule has 1 aromatic heterocycles. The quantitative estimate of drug-likeness (QED) is 0.907. The number of rotatable bonds is 4. The first-order valence-corrected chi connectivity index (χ1v) is 8.31. The van der Waals surface area contributed by atoms with Crippen LogP contribution in [-0.4, -0.2) is 16.9 Å². The van der Waals surface area contributed by atoms with Gasteiger partial charge >= 0.3 is 0 Å². The Morgan fingerprint density at radius 2 is 1.61 bits per heavy atom. The molecule has 0 radical (unpaired) electrons. The van der Waals surface area contributed by atoms with E-state index in [1.54, 1.807) is 12.4 Å². The van der Waals surface area contributed by atoms with E-state index in [0.29, 0.717) is 5.92 Å². The molecule has 0 saturated heterocycles. The normalized spacial score (nSPS) is 16.7. The second kappa shape index (κ2) is 7.38. The first-order valence-electron chi connectivity index (χ1n) is 8.31. The minimum Gasteiger partial charge on any atom is -0.325 e. The molecule has 120 valence electrons. The molecule has 23 heavy (non-hydrogen) atoms. The molecule has 1 amide bonds. The zero-order valence-electron chi connectivity index (χ0n) is 13.2. The summed E-state index contributed by atoms with van der Waals surface area (Å²) in [5.41, 5.74) is 9.14. The topological polar surface area (TPSA) is 68.0 Å². The number of carbonyl (C=O) groups is 1. The van der Waals surface area contributed by atoms with Crippen LogP contribution in [0.4, 0.5) is 5.69 Å². The number of hydrogen-bond acceptors (Lipinski definition) is 3. The van der Waals surface area contributed by atoms with Crippen LogP contribution in [-0.2, 0) is 4.79 Å². The lowest BCUT2D eigenvalue weighted by atomic mass is 9.84. The van der Waals surface area contributed by atoms with Gasteiger partial charge in [0, 0.05) is 18.1 Å². The maximum Gasteiger partial charge on any atom is 0.241 e. The fourth-order valence-corrected chi connectivity index (χ4v) is 3.22. The number of nitrogens with two attached hydrogens (primary N) is 1. The maximum absolute atomic E-state index is 12.3. The number of carbonyl (C=O) groups excluding carboxylic acids is 1. The average Bonchev–Trinajstić information content (AvgIpc) is 2.63. The highest BCUT2D eigenvalue weighted by Gasteiger charge is 2.26. The molecule has 1 aromatic carbocycles. The van der Waals surface area contributed by atoms with Gasteiger partial charge in [-0.3, -0.25) is 9.78 Å². The molecular weight excluding hydrogens is 286 g/mol. The maximum atomic E-state index is 12.3. The summed E-state index contributed by atoms with van der Waals surface area (Å²) in [6.07, 6.45) is 9.31. The van der Waals surface area contributed by atoms with E-state index in [1.807, 2.05) is 36.4 Å². The molecule has 1 fully saturated rings. The van der Waals surface area contributed by atoms with Crippen molar-refractivity contribution in [3.63, 3.8) is 0 Å². The zero-order valence-corrected chi connectivity index (χ0v) is 13.2. The standard InChI is InChI=1S/C19H23N3O/c20-18(16-4-2-1-3-5-16)19(23)22-17-8-6-14(7-9-17)15-10-12-21-13-11-15/h6-13,16,18H,1-5,20H2,(H,22,23)/t18-/m0/s1. The Balaban J connectivity index is 1.62. The van der Waals surface area contributed by atoms with E-state index >= 15 is 0 Å². The lowest BCUT2D eigenvalue weighted by Gasteiger charge is -2.26. The van der Waals surface area contributed by atoms with Gasteiger partial charge in [0.15, 0.2) is 0 Å². The number of hydrogen-bond donors (Lipinski definition) is 2. The van der Waals surface area contributed by atoms with Gasteiger partial charge in [0.05, 0.1) is 6.04 Å². The second-order valence-corrected chi connectivity index (χ2v) is 6.23. The predicted octanol–water partition coefficient (Wildman–Crippen LogP) is 3.59. The lowest BCUT2D eigenvalue weighted by Crippen LogP contribution is -2.42. The third kappa shape index (κ3) is 3.96. The Labute approximate surface area is 137 Å². The molecule has 2 aromatic rings. The van der Waals surface area contributed by atoms with Gasteiger partial charge in [-0.15, -0.1) is 0 Å². The minimum atomic E-state index is -0.407. The molecule has 1 aliphatic carbocycles. The SMILES string of the molecule is N[C@H](C(=O)Nc1ccc(-c2ccncc2)cc1)C1CCCCC1. The van der Waals surface area contributed by atoms with Crippen molar-refractivity contribution in [1.29, 1.82) is 0 Å². The smallest absolute Gasteiger partial charge is 0.241 e. The third-order valence-corrected chi connectivity index (χ3v) is 4.63. The van der Waals surface area contributed by atoms with Gasteiger partial charge in [-0.2, -0.15) is 0 Å². The molecule has 3 rings (SSSR count). The van der Waals surface area contributed by atoms with Crippen molar-refractivity contribution in [3.8, 4) is 11.1 Å². The van der Waals surface area contributed by atoms with Crippen molar-refractivity contribution in [2.45, 2.75) is 38.1 Å². The Bertz CT molecular complexity index is 633. The summed E-state index contributed by atoms with van der Waals surface area (Å²) in [5.74, 6) is 0.244. The molecule has 0 spiro atoms. The number of nitrogens with zero attached hydrogens (tertiary/aromatic N) is 1. The molecular formula is C19H23N3O. The van der Waals surface area contributed by atoms with Crippen LogP contribution in [0.2, 0.25) is 0 Å². The van der Waals surface area contributed by atoms with E-state index in [1.165, 1.54) is 19.3 Å². The molecule has 4 heteroatoms. The highest BCUT2D eigenvalue weighted by Crippen LogP contribution is 2.26. The fourth-order valence-electron chi connectivity index (χ4n) is 3.22. The summed E-state index contributed by atoms with van der Waals surface area (Å²) in [6.45, 7) is 0. The van der Waals surface area contributed by atoms with Gasteiger partial charge in [0.2, 0.25) is 5.91 Å². The zero-order chi connectivity index (χ0) is 16.1. The molecule has 0 bridgehead atoms. The van der Waals surface area contributed by atoms with E-state index in [2.05, 4.69) is 10.3 Å². The Morgan fingerprint density at radius 1 is 1.00 bits per heavy atom. The summed E-state index contributed by atoms with van der Waals surface area (Å²) in [7, 11) is 0. The van der Waals surface area contributed by atoms with Crippen LogP contribution < -0.4 is 11.1 Å². The van der Waals surface area contributed by atoms with E-state index < -0.39 is 6.04 Å². The van der Waals surface area contributed by atoms with E-state index in [9.17, 15) is 4.79 Å². The summed E-state index contributed by atoms with van der Waals surface area (Å²) < 4.78 is 0. The van der Waals surface area contributed by atoms with Crippen LogP contribution in [0.25, 0.3) is 11.1 Å². The minimum absolute atomic E-state index is 0.0754. The Kier molecular flexibility index (Phi) is 5.03. The molecule has 1 aliphatic rings. The van der Waals surface area contributed by atoms with Crippen LogP contribution in [0.15, 0.2) is 48.8 Å². The van der Waals surface area contributed by atoms with Crippen LogP contribution in [0.1, 0.15) is 32.1 Å². The van der Waals surface area contributed by atoms with Crippen LogP contribution in [0.3, 0.4) is 0 Å².